The average molecular weight is 446 g/mol. The molecule has 5 nitrogen and oxygen atoms in total. The molecule has 172 valence electrons. The van der Waals surface area contributed by atoms with Crippen LogP contribution in [0, 0.1) is 12.3 Å². The number of ketones is 1. The van der Waals surface area contributed by atoms with Crippen molar-refractivity contribution in [2.24, 2.45) is 5.41 Å². The SMILES string of the molecule is COc1ccc(COC(=O)C2=C(C)NC3=C(C(=O)CC(C)(C)C3)C2c2cccc(C)c2)cc1. The van der Waals surface area contributed by atoms with Gasteiger partial charge < -0.3 is 14.8 Å². The molecule has 1 N–H and O–H groups in total. The second-order valence-corrected chi connectivity index (χ2v) is 9.77. The number of carbonyl (C=O) groups excluding carboxylic acids is 2. The molecule has 2 aliphatic rings. The Morgan fingerprint density at radius 3 is 2.48 bits per heavy atom. The highest BCUT2D eigenvalue weighted by Crippen LogP contribution is 2.46. The van der Waals surface area contributed by atoms with E-state index >= 15 is 0 Å². The van der Waals surface area contributed by atoms with Crippen molar-refractivity contribution in [2.75, 3.05) is 7.11 Å². The van der Waals surface area contributed by atoms with E-state index in [1.807, 2.05) is 56.3 Å². The van der Waals surface area contributed by atoms with Crippen molar-refractivity contribution < 1.29 is 19.1 Å². The van der Waals surface area contributed by atoms with Gasteiger partial charge in [-0.2, -0.15) is 0 Å². The maximum absolute atomic E-state index is 13.4. The molecule has 1 unspecified atom stereocenters. The Morgan fingerprint density at radius 1 is 1.09 bits per heavy atom. The molecule has 2 aromatic carbocycles. The highest BCUT2D eigenvalue weighted by molar-refractivity contribution is 6.04. The number of carbonyl (C=O) groups is 2. The number of esters is 1. The summed E-state index contributed by atoms with van der Waals surface area (Å²) in [5.41, 5.74) is 5.63. The van der Waals surface area contributed by atoms with Crippen LogP contribution in [0.3, 0.4) is 0 Å². The first kappa shape index (κ1) is 22.8. The quantitative estimate of drug-likeness (QED) is 0.629. The predicted octanol–water partition coefficient (Wildman–Crippen LogP) is 5.35. The van der Waals surface area contributed by atoms with E-state index in [-0.39, 0.29) is 17.8 Å². The van der Waals surface area contributed by atoms with Crippen LogP contribution in [-0.2, 0) is 20.9 Å². The number of benzene rings is 2. The lowest BCUT2D eigenvalue weighted by Gasteiger charge is -2.39. The maximum atomic E-state index is 13.4. The summed E-state index contributed by atoms with van der Waals surface area (Å²) in [5.74, 6) is -0.00865. The molecule has 1 aliphatic heterocycles. The molecular formula is C28H31NO4. The highest BCUT2D eigenvalue weighted by atomic mass is 16.5. The summed E-state index contributed by atoms with van der Waals surface area (Å²) >= 11 is 0. The van der Waals surface area contributed by atoms with E-state index < -0.39 is 11.9 Å². The van der Waals surface area contributed by atoms with Gasteiger partial charge in [0, 0.05) is 29.3 Å². The average Bonchev–Trinajstić information content (AvgIpc) is 2.76. The molecule has 1 heterocycles. The van der Waals surface area contributed by atoms with Crippen molar-refractivity contribution in [2.45, 2.75) is 53.1 Å². The summed E-state index contributed by atoms with van der Waals surface area (Å²) in [4.78, 5) is 26.7. The minimum atomic E-state index is -0.437. The van der Waals surface area contributed by atoms with Gasteiger partial charge in [0.25, 0.3) is 0 Å². The van der Waals surface area contributed by atoms with Crippen molar-refractivity contribution in [3.05, 3.63) is 87.8 Å². The Hall–Kier alpha value is -3.34. The van der Waals surface area contributed by atoms with Crippen molar-refractivity contribution >= 4 is 11.8 Å². The lowest BCUT2D eigenvalue weighted by atomic mass is 9.68. The molecule has 2 aromatic rings. The van der Waals surface area contributed by atoms with Crippen LogP contribution in [0.1, 0.15) is 56.2 Å². The minimum Gasteiger partial charge on any atom is -0.497 e. The van der Waals surface area contributed by atoms with Gasteiger partial charge >= 0.3 is 5.97 Å². The highest BCUT2D eigenvalue weighted by Gasteiger charge is 2.43. The number of dihydropyridines is 1. The van der Waals surface area contributed by atoms with E-state index in [1.54, 1.807) is 7.11 Å². The molecule has 0 amide bonds. The van der Waals surface area contributed by atoms with Crippen LogP contribution in [0.2, 0.25) is 0 Å². The minimum absolute atomic E-state index is 0.0909. The van der Waals surface area contributed by atoms with Crippen LogP contribution < -0.4 is 10.1 Å². The fourth-order valence-electron chi connectivity index (χ4n) is 4.84. The fraction of sp³-hybridized carbons (Fsp3) is 0.357. The Morgan fingerprint density at radius 2 is 1.82 bits per heavy atom. The molecule has 0 saturated heterocycles. The molecule has 33 heavy (non-hydrogen) atoms. The van der Waals surface area contributed by atoms with Gasteiger partial charge in [-0.05, 0) is 48.9 Å². The van der Waals surface area contributed by atoms with Crippen LogP contribution in [0.25, 0.3) is 0 Å². The van der Waals surface area contributed by atoms with Crippen molar-refractivity contribution in [1.82, 2.24) is 5.32 Å². The van der Waals surface area contributed by atoms with Gasteiger partial charge in [0.1, 0.15) is 12.4 Å². The molecular weight excluding hydrogens is 414 g/mol. The van der Waals surface area contributed by atoms with Gasteiger partial charge in [0.05, 0.1) is 12.7 Å². The molecule has 0 saturated carbocycles. The topological polar surface area (TPSA) is 64.6 Å². The molecule has 0 fully saturated rings. The molecule has 0 bridgehead atoms. The van der Waals surface area contributed by atoms with Gasteiger partial charge in [-0.15, -0.1) is 0 Å². The summed E-state index contributed by atoms with van der Waals surface area (Å²) in [6.45, 7) is 8.27. The third-order valence-electron chi connectivity index (χ3n) is 6.36. The van der Waals surface area contributed by atoms with E-state index in [2.05, 4.69) is 25.2 Å². The van der Waals surface area contributed by atoms with Gasteiger partial charge in [-0.25, -0.2) is 4.79 Å². The number of Topliss-reactive ketones (excluding diaryl/α,β-unsaturated/α-hetero) is 1. The smallest absolute Gasteiger partial charge is 0.337 e. The van der Waals surface area contributed by atoms with Crippen LogP contribution in [0.15, 0.2) is 71.1 Å². The Bertz CT molecular complexity index is 1150. The summed E-state index contributed by atoms with van der Waals surface area (Å²) in [6, 6.07) is 15.5. The maximum Gasteiger partial charge on any atom is 0.337 e. The van der Waals surface area contributed by atoms with E-state index in [1.165, 1.54) is 0 Å². The van der Waals surface area contributed by atoms with Crippen LogP contribution in [0.4, 0.5) is 0 Å². The number of rotatable bonds is 5. The van der Waals surface area contributed by atoms with E-state index in [0.717, 1.165) is 40.3 Å². The Kier molecular flexibility index (Phi) is 6.15. The first-order valence-corrected chi connectivity index (χ1v) is 11.3. The van der Waals surface area contributed by atoms with Crippen LogP contribution in [0.5, 0.6) is 5.75 Å². The Balaban J connectivity index is 1.69. The third-order valence-corrected chi connectivity index (χ3v) is 6.36. The molecule has 5 heteroatoms. The summed E-state index contributed by atoms with van der Waals surface area (Å²) < 4.78 is 10.9. The summed E-state index contributed by atoms with van der Waals surface area (Å²) in [5, 5.41) is 3.38. The number of methoxy groups -OCH3 is 1. The molecule has 1 atom stereocenters. The molecule has 0 radical (unpaired) electrons. The van der Waals surface area contributed by atoms with E-state index in [4.69, 9.17) is 9.47 Å². The standard InChI is InChI=1S/C28H31NO4/c1-17-7-6-8-20(13-17)25-24(27(31)33-16-19-9-11-21(32-5)12-10-19)18(2)29-22-14-28(3,4)15-23(30)26(22)25/h6-13,25,29H,14-16H2,1-5H3. The number of hydrogen-bond donors (Lipinski definition) is 1. The molecule has 1 aliphatic carbocycles. The van der Waals surface area contributed by atoms with E-state index in [0.29, 0.717) is 17.6 Å². The molecule has 0 aromatic heterocycles. The number of allylic oxidation sites excluding steroid dienone is 3. The lowest BCUT2D eigenvalue weighted by molar-refractivity contribution is -0.140. The lowest BCUT2D eigenvalue weighted by Crippen LogP contribution is -2.38. The van der Waals surface area contributed by atoms with Gasteiger partial charge in [-0.3, -0.25) is 4.79 Å². The van der Waals surface area contributed by atoms with Crippen molar-refractivity contribution in [3.63, 3.8) is 0 Å². The van der Waals surface area contributed by atoms with Crippen molar-refractivity contribution in [1.29, 1.82) is 0 Å². The third kappa shape index (κ3) is 4.72. The molecule has 0 spiro atoms. The normalized spacial score (nSPS) is 19.7. The number of ether oxygens (including phenoxy) is 2. The summed E-state index contributed by atoms with van der Waals surface area (Å²) in [7, 11) is 1.61. The number of aryl methyl sites for hydroxylation is 1. The van der Waals surface area contributed by atoms with Gasteiger partial charge in [0.15, 0.2) is 5.78 Å². The Labute approximate surface area is 195 Å². The zero-order chi connectivity index (χ0) is 23.8. The second kappa shape index (κ2) is 8.89. The monoisotopic (exact) mass is 445 g/mol. The summed E-state index contributed by atoms with van der Waals surface area (Å²) in [6.07, 6.45) is 1.23. The number of nitrogens with one attached hydrogen (secondary N) is 1. The van der Waals surface area contributed by atoms with Gasteiger partial charge in [0.2, 0.25) is 0 Å². The van der Waals surface area contributed by atoms with E-state index in [9.17, 15) is 9.59 Å². The second-order valence-electron chi connectivity index (χ2n) is 9.77. The first-order valence-electron chi connectivity index (χ1n) is 11.3. The van der Waals surface area contributed by atoms with Crippen molar-refractivity contribution in [3.8, 4) is 5.75 Å². The zero-order valence-corrected chi connectivity index (χ0v) is 20.0. The van der Waals surface area contributed by atoms with Crippen LogP contribution >= 0.6 is 0 Å². The van der Waals surface area contributed by atoms with Crippen LogP contribution in [-0.4, -0.2) is 18.9 Å². The number of hydrogen-bond acceptors (Lipinski definition) is 5. The fourth-order valence-corrected chi connectivity index (χ4v) is 4.84. The molecule has 4 rings (SSSR count). The largest absolute Gasteiger partial charge is 0.497 e. The van der Waals surface area contributed by atoms with Gasteiger partial charge in [-0.1, -0.05) is 55.8 Å². The zero-order valence-electron chi connectivity index (χ0n) is 20.0. The first-order chi connectivity index (χ1) is 15.7. The predicted molar refractivity (Wildman–Crippen MR) is 128 cm³/mol.